The van der Waals surface area contributed by atoms with Crippen molar-refractivity contribution < 1.29 is 14.6 Å². The van der Waals surface area contributed by atoms with E-state index >= 15 is 0 Å². The zero-order chi connectivity index (χ0) is 14.7. The lowest BCUT2D eigenvalue weighted by Gasteiger charge is -2.25. The molecule has 1 unspecified atom stereocenters. The summed E-state index contributed by atoms with van der Waals surface area (Å²) in [6.07, 6.45) is 2.78. The number of fused-ring (bicyclic) bond motifs is 1. The van der Waals surface area contributed by atoms with Gasteiger partial charge >= 0.3 is 5.97 Å². The third kappa shape index (κ3) is 3.42. The molecular formula is C18H20O3. The van der Waals surface area contributed by atoms with Crippen LogP contribution in [0, 0.1) is 0 Å². The van der Waals surface area contributed by atoms with Crippen LogP contribution in [0.4, 0.5) is 0 Å². The van der Waals surface area contributed by atoms with E-state index in [4.69, 9.17) is 4.74 Å². The molecule has 110 valence electrons. The highest BCUT2D eigenvalue weighted by Crippen LogP contribution is 2.23. The molecule has 2 aromatic carbocycles. The Labute approximate surface area is 124 Å². The second kappa shape index (κ2) is 6.27. The van der Waals surface area contributed by atoms with Crippen molar-refractivity contribution >= 4 is 16.7 Å². The summed E-state index contributed by atoms with van der Waals surface area (Å²) >= 11 is 0. The number of aliphatic hydroxyl groups excluding tert-OH is 1. The lowest BCUT2D eigenvalue weighted by Crippen LogP contribution is -2.32. The standard InChI is InChI=1S/C18H20O3/c19-15-11-16(21-18(20)12-15)9-4-8-14-7-3-6-13-5-1-2-10-17(13)14/h1-3,5-7,10,15-16,19H,4,8-9,11-12H2/t15-,16?/m1/s1. The molecule has 1 N–H and O–H groups in total. The van der Waals surface area contributed by atoms with E-state index < -0.39 is 6.10 Å². The third-order valence-corrected chi connectivity index (χ3v) is 4.09. The first-order valence-electron chi connectivity index (χ1n) is 7.56. The molecule has 21 heavy (non-hydrogen) atoms. The van der Waals surface area contributed by atoms with Crippen molar-refractivity contribution in [2.45, 2.75) is 44.3 Å². The van der Waals surface area contributed by atoms with Crippen molar-refractivity contribution in [1.82, 2.24) is 0 Å². The van der Waals surface area contributed by atoms with Gasteiger partial charge in [-0.15, -0.1) is 0 Å². The van der Waals surface area contributed by atoms with Crippen molar-refractivity contribution in [3.8, 4) is 0 Å². The number of aliphatic hydroxyl groups is 1. The number of benzene rings is 2. The average molecular weight is 284 g/mol. The van der Waals surface area contributed by atoms with Gasteiger partial charge in [-0.2, -0.15) is 0 Å². The van der Waals surface area contributed by atoms with Crippen LogP contribution in [0.25, 0.3) is 10.8 Å². The van der Waals surface area contributed by atoms with Gasteiger partial charge in [-0.1, -0.05) is 42.5 Å². The van der Waals surface area contributed by atoms with Crippen LogP contribution in [-0.2, 0) is 16.0 Å². The minimum absolute atomic E-state index is 0.128. The quantitative estimate of drug-likeness (QED) is 0.877. The van der Waals surface area contributed by atoms with Crippen molar-refractivity contribution in [2.75, 3.05) is 0 Å². The predicted molar refractivity (Wildman–Crippen MR) is 82.0 cm³/mol. The topological polar surface area (TPSA) is 46.5 Å². The van der Waals surface area contributed by atoms with Crippen LogP contribution in [0.3, 0.4) is 0 Å². The predicted octanol–water partition coefficient (Wildman–Crippen LogP) is 3.23. The number of cyclic esters (lactones) is 1. The van der Waals surface area contributed by atoms with Gasteiger partial charge in [-0.25, -0.2) is 0 Å². The van der Waals surface area contributed by atoms with E-state index in [1.54, 1.807) is 0 Å². The highest BCUT2D eigenvalue weighted by atomic mass is 16.5. The third-order valence-electron chi connectivity index (χ3n) is 4.09. The fraction of sp³-hybridized carbons (Fsp3) is 0.389. The van der Waals surface area contributed by atoms with Crippen LogP contribution >= 0.6 is 0 Å². The lowest BCUT2D eigenvalue weighted by atomic mass is 9.97. The maximum atomic E-state index is 11.3. The zero-order valence-corrected chi connectivity index (χ0v) is 12.0. The number of esters is 1. The molecule has 0 saturated carbocycles. The molecule has 0 bridgehead atoms. The molecule has 0 aliphatic carbocycles. The van der Waals surface area contributed by atoms with Crippen LogP contribution < -0.4 is 0 Å². The first-order chi connectivity index (χ1) is 10.2. The van der Waals surface area contributed by atoms with Gasteiger partial charge in [0.1, 0.15) is 6.10 Å². The summed E-state index contributed by atoms with van der Waals surface area (Å²) in [5, 5.41) is 12.2. The van der Waals surface area contributed by atoms with Crippen molar-refractivity contribution in [2.24, 2.45) is 0 Å². The molecule has 3 rings (SSSR count). The minimum atomic E-state index is -0.534. The number of aryl methyl sites for hydroxylation is 1. The molecule has 1 heterocycles. The molecule has 2 aromatic rings. The lowest BCUT2D eigenvalue weighted by molar-refractivity contribution is -0.160. The molecule has 2 atom stereocenters. The fourth-order valence-corrected chi connectivity index (χ4v) is 3.07. The summed E-state index contributed by atoms with van der Waals surface area (Å²) in [6.45, 7) is 0. The Bertz CT molecular complexity index is 630. The molecule has 1 fully saturated rings. The SMILES string of the molecule is O=C1C[C@H](O)CC(CCCc2cccc3ccccc23)O1. The first kappa shape index (κ1) is 14.1. The first-order valence-corrected chi connectivity index (χ1v) is 7.56. The monoisotopic (exact) mass is 284 g/mol. The molecule has 1 aliphatic rings. The van der Waals surface area contributed by atoms with Crippen molar-refractivity contribution in [3.63, 3.8) is 0 Å². The normalized spacial score (nSPS) is 22.2. The van der Waals surface area contributed by atoms with Gasteiger partial charge < -0.3 is 9.84 Å². The maximum absolute atomic E-state index is 11.3. The van der Waals surface area contributed by atoms with Crippen molar-refractivity contribution in [1.29, 1.82) is 0 Å². The highest BCUT2D eigenvalue weighted by molar-refractivity contribution is 5.85. The fourth-order valence-electron chi connectivity index (χ4n) is 3.07. The number of carbonyl (C=O) groups is 1. The van der Waals surface area contributed by atoms with Gasteiger partial charge in [0.15, 0.2) is 0 Å². The minimum Gasteiger partial charge on any atom is -0.462 e. The summed E-state index contributed by atoms with van der Waals surface area (Å²) in [7, 11) is 0. The summed E-state index contributed by atoms with van der Waals surface area (Å²) in [5.41, 5.74) is 1.33. The second-order valence-electron chi connectivity index (χ2n) is 5.74. The van der Waals surface area contributed by atoms with E-state index in [9.17, 15) is 9.90 Å². The second-order valence-corrected chi connectivity index (χ2v) is 5.74. The molecule has 0 aromatic heterocycles. The number of rotatable bonds is 4. The molecule has 1 aliphatic heterocycles. The van der Waals surface area contributed by atoms with E-state index in [1.807, 2.05) is 0 Å². The number of hydrogen-bond donors (Lipinski definition) is 1. The Morgan fingerprint density at radius 1 is 1.14 bits per heavy atom. The van der Waals surface area contributed by atoms with E-state index in [2.05, 4.69) is 42.5 Å². The van der Waals surface area contributed by atoms with Crippen LogP contribution in [0.2, 0.25) is 0 Å². The van der Waals surface area contributed by atoms with Gasteiger partial charge in [0.25, 0.3) is 0 Å². The van der Waals surface area contributed by atoms with Crippen LogP contribution in [0.15, 0.2) is 42.5 Å². The van der Waals surface area contributed by atoms with Crippen LogP contribution in [-0.4, -0.2) is 23.3 Å². The van der Waals surface area contributed by atoms with Gasteiger partial charge in [-0.05, 0) is 35.6 Å². The highest BCUT2D eigenvalue weighted by Gasteiger charge is 2.26. The zero-order valence-electron chi connectivity index (χ0n) is 12.0. The smallest absolute Gasteiger partial charge is 0.308 e. The summed E-state index contributed by atoms with van der Waals surface area (Å²) < 4.78 is 5.28. The Balaban J connectivity index is 1.61. The Morgan fingerprint density at radius 3 is 2.81 bits per heavy atom. The number of carbonyl (C=O) groups excluding carboxylic acids is 1. The molecule has 0 radical (unpaired) electrons. The Morgan fingerprint density at radius 2 is 1.95 bits per heavy atom. The Kier molecular flexibility index (Phi) is 4.20. The van der Waals surface area contributed by atoms with Gasteiger partial charge in [0.05, 0.1) is 12.5 Å². The van der Waals surface area contributed by atoms with Gasteiger partial charge in [0.2, 0.25) is 0 Å². The molecule has 1 saturated heterocycles. The molecule has 3 nitrogen and oxygen atoms in total. The molecule has 0 spiro atoms. The molecule has 0 amide bonds. The van der Waals surface area contributed by atoms with Crippen LogP contribution in [0.1, 0.15) is 31.2 Å². The molecule has 3 heteroatoms. The Hall–Kier alpha value is -1.87. The molecular weight excluding hydrogens is 264 g/mol. The summed E-state index contributed by atoms with van der Waals surface area (Å²) in [4.78, 5) is 11.3. The summed E-state index contributed by atoms with van der Waals surface area (Å²) in [5.74, 6) is -0.274. The maximum Gasteiger partial charge on any atom is 0.308 e. The van der Waals surface area contributed by atoms with Crippen LogP contribution in [0.5, 0.6) is 0 Å². The van der Waals surface area contributed by atoms with Crippen molar-refractivity contribution in [3.05, 3.63) is 48.0 Å². The van der Waals surface area contributed by atoms with E-state index in [-0.39, 0.29) is 18.5 Å². The number of ether oxygens (including phenoxy) is 1. The summed E-state index contributed by atoms with van der Waals surface area (Å²) in [6, 6.07) is 14.7. The average Bonchev–Trinajstić information content (AvgIpc) is 2.46. The van der Waals surface area contributed by atoms with E-state index in [1.165, 1.54) is 16.3 Å². The van der Waals surface area contributed by atoms with E-state index in [0.29, 0.717) is 6.42 Å². The largest absolute Gasteiger partial charge is 0.462 e. The van der Waals surface area contributed by atoms with Gasteiger partial charge in [-0.3, -0.25) is 4.79 Å². The van der Waals surface area contributed by atoms with Gasteiger partial charge in [0, 0.05) is 6.42 Å². The van der Waals surface area contributed by atoms with E-state index in [0.717, 1.165) is 19.3 Å². The number of hydrogen-bond acceptors (Lipinski definition) is 3.